The zero-order chi connectivity index (χ0) is 26.6. The number of hydrogen-bond donors (Lipinski definition) is 1. The smallest absolute Gasteiger partial charge is 0.329 e. The van der Waals surface area contributed by atoms with Crippen molar-refractivity contribution in [1.29, 1.82) is 0 Å². The zero-order valence-electron chi connectivity index (χ0n) is 20.9. The SMILES string of the molecule is O=C(CC(NC(=O)C(c1ccccc1)c1ccccc1)C(=O)OCc1ccccc1)OCc1ccccc1. The first-order valence-electron chi connectivity index (χ1n) is 12.4. The monoisotopic (exact) mass is 507 g/mol. The molecule has 0 saturated heterocycles. The second-order valence-corrected chi connectivity index (χ2v) is 8.76. The van der Waals surface area contributed by atoms with Crippen LogP contribution in [0.15, 0.2) is 121 Å². The van der Waals surface area contributed by atoms with E-state index >= 15 is 0 Å². The Hall–Kier alpha value is -4.71. The summed E-state index contributed by atoms with van der Waals surface area (Å²) in [6.45, 7) is 0.0853. The molecule has 0 aromatic heterocycles. The summed E-state index contributed by atoms with van der Waals surface area (Å²) in [7, 11) is 0. The topological polar surface area (TPSA) is 81.7 Å². The largest absolute Gasteiger partial charge is 0.461 e. The molecule has 0 radical (unpaired) electrons. The number of nitrogens with one attached hydrogen (secondary N) is 1. The molecule has 0 fully saturated rings. The summed E-state index contributed by atoms with van der Waals surface area (Å²) >= 11 is 0. The predicted octanol–water partition coefficient (Wildman–Crippen LogP) is 5.18. The molecule has 4 aromatic rings. The van der Waals surface area contributed by atoms with Crippen LogP contribution in [0, 0.1) is 0 Å². The van der Waals surface area contributed by atoms with E-state index in [0.29, 0.717) is 0 Å². The molecule has 38 heavy (non-hydrogen) atoms. The lowest BCUT2D eigenvalue weighted by molar-refractivity contribution is -0.155. The van der Waals surface area contributed by atoms with Crippen LogP contribution in [0.5, 0.6) is 0 Å². The van der Waals surface area contributed by atoms with Gasteiger partial charge in [0.15, 0.2) is 0 Å². The van der Waals surface area contributed by atoms with Crippen LogP contribution in [0.2, 0.25) is 0 Å². The molecule has 4 rings (SSSR count). The van der Waals surface area contributed by atoms with Crippen molar-refractivity contribution in [3.63, 3.8) is 0 Å². The van der Waals surface area contributed by atoms with Crippen LogP contribution in [0.4, 0.5) is 0 Å². The van der Waals surface area contributed by atoms with E-state index in [1.54, 1.807) is 0 Å². The third-order valence-corrected chi connectivity index (χ3v) is 5.97. The predicted molar refractivity (Wildman–Crippen MR) is 144 cm³/mol. The zero-order valence-corrected chi connectivity index (χ0v) is 20.9. The number of esters is 2. The number of rotatable bonds is 11. The lowest BCUT2D eigenvalue weighted by Gasteiger charge is -2.22. The average Bonchev–Trinajstić information content (AvgIpc) is 2.97. The average molecular weight is 508 g/mol. The van der Waals surface area contributed by atoms with Gasteiger partial charge in [-0.05, 0) is 22.3 Å². The molecule has 0 bridgehead atoms. The second-order valence-electron chi connectivity index (χ2n) is 8.76. The van der Waals surface area contributed by atoms with E-state index in [2.05, 4.69) is 5.32 Å². The van der Waals surface area contributed by atoms with Crippen molar-refractivity contribution in [3.05, 3.63) is 144 Å². The van der Waals surface area contributed by atoms with Crippen molar-refractivity contribution >= 4 is 17.8 Å². The van der Waals surface area contributed by atoms with Gasteiger partial charge in [-0.3, -0.25) is 9.59 Å². The Labute approximate surface area is 222 Å². The van der Waals surface area contributed by atoms with E-state index in [0.717, 1.165) is 22.3 Å². The molecule has 6 heteroatoms. The molecule has 1 unspecified atom stereocenters. The molecule has 4 aromatic carbocycles. The number of benzene rings is 4. The standard InChI is InChI=1S/C32H29NO5/c34-29(37-22-24-13-5-1-6-14-24)21-28(32(36)38-23-25-15-7-2-8-16-25)33-31(35)30(26-17-9-3-10-18-26)27-19-11-4-12-20-27/h1-20,28,30H,21-23H2,(H,33,35). The number of ether oxygens (including phenoxy) is 2. The molecule has 1 N–H and O–H groups in total. The Morgan fingerprint density at radius 2 is 1.00 bits per heavy atom. The van der Waals surface area contributed by atoms with Gasteiger partial charge in [-0.1, -0.05) is 121 Å². The van der Waals surface area contributed by atoms with Gasteiger partial charge >= 0.3 is 11.9 Å². The van der Waals surface area contributed by atoms with Crippen molar-refractivity contribution in [2.45, 2.75) is 31.6 Å². The summed E-state index contributed by atoms with van der Waals surface area (Å²) < 4.78 is 10.9. The summed E-state index contributed by atoms with van der Waals surface area (Å²) in [6.07, 6.45) is -0.359. The highest BCUT2D eigenvalue weighted by Gasteiger charge is 2.31. The lowest BCUT2D eigenvalue weighted by Crippen LogP contribution is -2.45. The van der Waals surface area contributed by atoms with E-state index < -0.39 is 29.8 Å². The molecular weight excluding hydrogens is 478 g/mol. The van der Waals surface area contributed by atoms with Gasteiger partial charge in [0.1, 0.15) is 19.3 Å². The van der Waals surface area contributed by atoms with Gasteiger partial charge in [-0.15, -0.1) is 0 Å². The summed E-state index contributed by atoms with van der Waals surface area (Å²) in [5, 5.41) is 2.76. The minimum Gasteiger partial charge on any atom is -0.461 e. The highest BCUT2D eigenvalue weighted by molar-refractivity contribution is 5.92. The molecule has 192 valence electrons. The fraction of sp³-hybridized carbons (Fsp3) is 0.156. The van der Waals surface area contributed by atoms with Crippen molar-refractivity contribution in [2.24, 2.45) is 0 Å². The first kappa shape index (κ1) is 26.4. The Kier molecular flexibility index (Phi) is 9.40. The van der Waals surface area contributed by atoms with Crippen molar-refractivity contribution in [2.75, 3.05) is 0 Å². The van der Waals surface area contributed by atoms with Crippen LogP contribution < -0.4 is 5.32 Å². The van der Waals surface area contributed by atoms with Crippen LogP contribution in [-0.2, 0) is 37.1 Å². The summed E-state index contributed by atoms with van der Waals surface area (Å²) in [5.74, 6) is -2.42. The van der Waals surface area contributed by atoms with Crippen LogP contribution in [0.1, 0.15) is 34.6 Å². The van der Waals surface area contributed by atoms with E-state index in [1.807, 2.05) is 121 Å². The van der Waals surface area contributed by atoms with Gasteiger partial charge in [-0.25, -0.2) is 4.79 Å². The molecule has 0 saturated carbocycles. The third-order valence-electron chi connectivity index (χ3n) is 5.97. The Morgan fingerprint density at radius 1 is 0.579 bits per heavy atom. The van der Waals surface area contributed by atoms with Crippen molar-refractivity contribution in [3.8, 4) is 0 Å². The van der Waals surface area contributed by atoms with E-state index in [4.69, 9.17) is 9.47 Å². The van der Waals surface area contributed by atoms with Gasteiger partial charge in [0.25, 0.3) is 0 Å². The van der Waals surface area contributed by atoms with Gasteiger partial charge in [-0.2, -0.15) is 0 Å². The van der Waals surface area contributed by atoms with Crippen LogP contribution >= 0.6 is 0 Å². The first-order chi connectivity index (χ1) is 18.6. The molecule has 0 aliphatic heterocycles. The highest BCUT2D eigenvalue weighted by atomic mass is 16.5. The normalized spacial score (nSPS) is 11.4. The Balaban J connectivity index is 1.51. The summed E-state index contributed by atoms with van der Waals surface area (Å²) in [5.41, 5.74) is 3.14. The molecule has 6 nitrogen and oxygen atoms in total. The number of carbonyl (C=O) groups excluding carboxylic acids is 3. The number of hydrogen-bond acceptors (Lipinski definition) is 5. The fourth-order valence-electron chi connectivity index (χ4n) is 4.03. The summed E-state index contributed by atoms with van der Waals surface area (Å²) in [6, 6.07) is 35.8. The van der Waals surface area contributed by atoms with E-state index in [1.165, 1.54) is 0 Å². The van der Waals surface area contributed by atoms with Gasteiger partial charge in [0, 0.05) is 0 Å². The fourth-order valence-corrected chi connectivity index (χ4v) is 4.03. The molecule has 0 aliphatic carbocycles. The van der Waals surface area contributed by atoms with Crippen molar-refractivity contribution in [1.82, 2.24) is 5.32 Å². The minimum absolute atomic E-state index is 0.0197. The van der Waals surface area contributed by atoms with Crippen molar-refractivity contribution < 1.29 is 23.9 Å². The number of amides is 1. The lowest BCUT2D eigenvalue weighted by atomic mass is 9.90. The molecule has 0 heterocycles. The quantitative estimate of drug-likeness (QED) is 0.283. The van der Waals surface area contributed by atoms with Gasteiger partial charge in [0.05, 0.1) is 12.3 Å². The van der Waals surface area contributed by atoms with E-state index in [-0.39, 0.29) is 19.6 Å². The van der Waals surface area contributed by atoms with Gasteiger partial charge < -0.3 is 14.8 Å². The van der Waals surface area contributed by atoms with Gasteiger partial charge in [0.2, 0.25) is 5.91 Å². The maximum Gasteiger partial charge on any atom is 0.329 e. The van der Waals surface area contributed by atoms with Crippen LogP contribution in [0.3, 0.4) is 0 Å². The molecular formula is C32H29NO5. The highest BCUT2D eigenvalue weighted by Crippen LogP contribution is 2.25. The Morgan fingerprint density at radius 3 is 1.47 bits per heavy atom. The Bertz CT molecular complexity index is 1270. The summed E-state index contributed by atoms with van der Waals surface area (Å²) in [4.78, 5) is 39.5. The molecule has 0 spiro atoms. The maximum atomic E-state index is 13.6. The van der Waals surface area contributed by atoms with Crippen LogP contribution in [-0.4, -0.2) is 23.9 Å². The van der Waals surface area contributed by atoms with E-state index in [9.17, 15) is 14.4 Å². The number of carbonyl (C=O) groups is 3. The molecule has 1 amide bonds. The second kappa shape index (κ2) is 13.6. The third kappa shape index (κ3) is 7.64. The van der Waals surface area contributed by atoms with Crippen LogP contribution in [0.25, 0.3) is 0 Å². The maximum absolute atomic E-state index is 13.6. The first-order valence-corrected chi connectivity index (χ1v) is 12.4. The molecule has 1 atom stereocenters. The molecule has 0 aliphatic rings. The minimum atomic E-state index is -1.22.